The molecular formula is C18H25NO2. The van der Waals surface area contributed by atoms with Gasteiger partial charge in [-0.1, -0.05) is 12.5 Å². The number of hydrogen-bond donors (Lipinski definition) is 1. The van der Waals surface area contributed by atoms with Gasteiger partial charge in [0.2, 0.25) is 0 Å². The Kier molecular flexibility index (Phi) is 3.92. The zero-order valence-corrected chi connectivity index (χ0v) is 13.2. The summed E-state index contributed by atoms with van der Waals surface area (Å²) in [7, 11) is 0. The molecule has 1 aromatic carbocycles. The molecule has 2 aliphatic rings. The molecule has 21 heavy (non-hydrogen) atoms. The maximum absolute atomic E-state index is 12.3. The molecule has 0 unspecified atom stereocenters. The molecule has 1 N–H and O–H groups in total. The van der Waals surface area contributed by atoms with Crippen molar-refractivity contribution in [2.24, 2.45) is 11.8 Å². The molecule has 2 aliphatic carbocycles. The number of nitrogens with one attached hydrogen (secondary N) is 1. The summed E-state index contributed by atoms with van der Waals surface area (Å²) in [5, 5.41) is 3.20. The molecule has 3 nitrogen and oxygen atoms in total. The second-order valence-electron chi connectivity index (χ2n) is 6.87. The van der Waals surface area contributed by atoms with E-state index in [0.29, 0.717) is 12.0 Å². The second kappa shape index (κ2) is 5.70. The molecule has 3 rings (SSSR count). The molecule has 1 aromatic rings. The molecule has 0 aromatic heterocycles. The highest BCUT2D eigenvalue weighted by Gasteiger charge is 2.40. The van der Waals surface area contributed by atoms with Crippen molar-refractivity contribution in [3.63, 3.8) is 0 Å². The summed E-state index contributed by atoms with van der Waals surface area (Å²) < 4.78 is 5.82. The summed E-state index contributed by atoms with van der Waals surface area (Å²) in [5.41, 5.74) is 2.32. The maximum atomic E-state index is 12.3. The Morgan fingerprint density at radius 1 is 1.19 bits per heavy atom. The fraction of sp³-hybridized carbons (Fsp3) is 0.611. The lowest BCUT2D eigenvalue weighted by atomic mass is 9.95. The van der Waals surface area contributed by atoms with E-state index in [0.717, 1.165) is 29.2 Å². The molecule has 4 atom stereocenters. The normalized spacial score (nSPS) is 28.4. The summed E-state index contributed by atoms with van der Waals surface area (Å²) in [5.74, 6) is 2.35. The predicted molar refractivity (Wildman–Crippen MR) is 83.4 cm³/mol. The summed E-state index contributed by atoms with van der Waals surface area (Å²) in [6, 6.07) is 6.44. The summed E-state index contributed by atoms with van der Waals surface area (Å²) in [4.78, 5) is 12.3. The van der Waals surface area contributed by atoms with Gasteiger partial charge in [-0.2, -0.15) is 0 Å². The van der Waals surface area contributed by atoms with Gasteiger partial charge in [-0.25, -0.2) is 0 Å². The van der Waals surface area contributed by atoms with Crippen molar-refractivity contribution in [1.29, 1.82) is 0 Å². The number of carbonyl (C=O) groups is 1. The smallest absolute Gasteiger partial charge is 0.261 e. The molecule has 2 fully saturated rings. The molecule has 2 bridgehead atoms. The molecule has 114 valence electrons. The fourth-order valence-electron chi connectivity index (χ4n) is 3.98. The number of fused-ring (bicyclic) bond motifs is 2. The summed E-state index contributed by atoms with van der Waals surface area (Å²) in [6.45, 7) is 5.92. The molecule has 0 radical (unpaired) electrons. The molecule has 0 heterocycles. The Balaban J connectivity index is 1.57. The van der Waals surface area contributed by atoms with Gasteiger partial charge < -0.3 is 10.1 Å². The number of ether oxygens (including phenoxy) is 1. The first-order valence-electron chi connectivity index (χ1n) is 8.06. The number of benzene rings is 1. The first kappa shape index (κ1) is 14.4. The molecule has 2 saturated carbocycles. The fourth-order valence-corrected chi connectivity index (χ4v) is 3.98. The van der Waals surface area contributed by atoms with Crippen LogP contribution >= 0.6 is 0 Å². The predicted octanol–water partition coefficient (Wildman–Crippen LogP) is 3.38. The van der Waals surface area contributed by atoms with Crippen LogP contribution in [0.3, 0.4) is 0 Å². The monoisotopic (exact) mass is 287 g/mol. The van der Waals surface area contributed by atoms with E-state index in [1.54, 1.807) is 0 Å². The Labute approximate surface area is 127 Å². The van der Waals surface area contributed by atoms with Gasteiger partial charge in [-0.15, -0.1) is 0 Å². The molecule has 0 spiro atoms. The van der Waals surface area contributed by atoms with E-state index in [9.17, 15) is 4.79 Å². The number of carbonyl (C=O) groups excluding carboxylic acids is 1. The van der Waals surface area contributed by atoms with Crippen LogP contribution in [0, 0.1) is 25.7 Å². The zero-order chi connectivity index (χ0) is 15.0. The van der Waals surface area contributed by atoms with Crippen LogP contribution in [0.15, 0.2) is 18.2 Å². The minimum absolute atomic E-state index is 0.0201. The van der Waals surface area contributed by atoms with Crippen molar-refractivity contribution in [3.8, 4) is 5.75 Å². The van der Waals surface area contributed by atoms with E-state index >= 15 is 0 Å². The second-order valence-corrected chi connectivity index (χ2v) is 6.87. The van der Waals surface area contributed by atoms with Crippen molar-refractivity contribution >= 4 is 5.91 Å². The summed E-state index contributed by atoms with van der Waals surface area (Å²) in [6.07, 6.45) is 4.66. The van der Waals surface area contributed by atoms with Crippen molar-refractivity contribution in [2.45, 2.75) is 58.6 Å². The lowest BCUT2D eigenvalue weighted by Gasteiger charge is -2.25. The highest BCUT2D eigenvalue weighted by Crippen LogP contribution is 2.44. The van der Waals surface area contributed by atoms with Crippen LogP contribution in [0.1, 0.15) is 43.7 Å². The van der Waals surface area contributed by atoms with Crippen LogP contribution in [0.4, 0.5) is 0 Å². The van der Waals surface area contributed by atoms with Gasteiger partial charge >= 0.3 is 0 Å². The third-order valence-electron chi connectivity index (χ3n) is 4.94. The van der Waals surface area contributed by atoms with Gasteiger partial charge in [0, 0.05) is 6.04 Å². The van der Waals surface area contributed by atoms with Crippen molar-refractivity contribution < 1.29 is 9.53 Å². The highest BCUT2D eigenvalue weighted by atomic mass is 16.5. The lowest BCUT2D eigenvalue weighted by Crippen LogP contribution is -2.44. The van der Waals surface area contributed by atoms with Crippen LogP contribution in [-0.2, 0) is 4.79 Å². The van der Waals surface area contributed by atoms with E-state index < -0.39 is 6.10 Å². The molecule has 1 amide bonds. The van der Waals surface area contributed by atoms with Gasteiger partial charge in [0.25, 0.3) is 5.91 Å². The van der Waals surface area contributed by atoms with Crippen LogP contribution < -0.4 is 10.1 Å². The highest BCUT2D eigenvalue weighted by molar-refractivity contribution is 5.81. The number of rotatable bonds is 4. The van der Waals surface area contributed by atoms with E-state index in [2.05, 4.69) is 11.4 Å². The van der Waals surface area contributed by atoms with Gasteiger partial charge in [0.15, 0.2) is 6.10 Å². The van der Waals surface area contributed by atoms with Crippen molar-refractivity contribution in [2.75, 3.05) is 0 Å². The van der Waals surface area contributed by atoms with Crippen LogP contribution in [0.2, 0.25) is 0 Å². The Morgan fingerprint density at radius 2 is 1.90 bits per heavy atom. The Bertz CT molecular complexity index is 520. The zero-order valence-electron chi connectivity index (χ0n) is 13.2. The van der Waals surface area contributed by atoms with Crippen molar-refractivity contribution in [1.82, 2.24) is 5.32 Å². The molecule has 0 aliphatic heterocycles. The SMILES string of the molecule is Cc1cc(C)cc(O[C@@H](C)C(=O)N[C@@H]2C[C@@H]3CC[C@@H]2C3)c1. The maximum Gasteiger partial charge on any atom is 0.261 e. The third kappa shape index (κ3) is 3.22. The Morgan fingerprint density at radius 3 is 2.48 bits per heavy atom. The summed E-state index contributed by atoms with van der Waals surface area (Å²) >= 11 is 0. The van der Waals surface area contributed by atoms with Gasteiger partial charge in [0.1, 0.15) is 5.75 Å². The molecule has 0 saturated heterocycles. The van der Waals surface area contributed by atoms with Gasteiger partial charge in [-0.3, -0.25) is 4.79 Å². The van der Waals surface area contributed by atoms with Crippen LogP contribution in [0.5, 0.6) is 5.75 Å². The molecular weight excluding hydrogens is 262 g/mol. The van der Waals surface area contributed by atoms with Gasteiger partial charge in [-0.05, 0) is 75.1 Å². The number of aryl methyl sites for hydroxylation is 2. The van der Waals surface area contributed by atoms with E-state index in [1.807, 2.05) is 32.9 Å². The molecule has 3 heteroatoms. The minimum atomic E-state index is -0.440. The first-order chi connectivity index (χ1) is 10.0. The number of amides is 1. The third-order valence-corrected chi connectivity index (χ3v) is 4.94. The largest absolute Gasteiger partial charge is 0.481 e. The Hall–Kier alpha value is -1.51. The van der Waals surface area contributed by atoms with Crippen molar-refractivity contribution in [3.05, 3.63) is 29.3 Å². The van der Waals surface area contributed by atoms with Crippen LogP contribution in [-0.4, -0.2) is 18.1 Å². The quantitative estimate of drug-likeness (QED) is 0.922. The van der Waals surface area contributed by atoms with Gasteiger partial charge in [0.05, 0.1) is 0 Å². The number of hydrogen-bond acceptors (Lipinski definition) is 2. The van der Waals surface area contributed by atoms with E-state index in [1.165, 1.54) is 19.3 Å². The first-order valence-corrected chi connectivity index (χ1v) is 8.06. The van der Waals surface area contributed by atoms with E-state index in [-0.39, 0.29) is 5.91 Å². The average molecular weight is 287 g/mol. The lowest BCUT2D eigenvalue weighted by molar-refractivity contribution is -0.128. The minimum Gasteiger partial charge on any atom is -0.481 e. The topological polar surface area (TPSA) is 38.3 Å². The van der Waals surface area contributed by atoms with E-state index in [4.69, 9.17) is 4.74 Å². The standard InChI is InChI=1S/C18H25NO2/c1-11-6-12(2)8-16(7-11)21-13(3)18(20)19-17-10-14-4-5-15(17)9-14/h6-8,13-15,17H,4-5,9-10H2,1-3H3,(H,19,20)/t13-,14+,15+,17+/m0/s1. The average Bonchev–Trinajstić information content (AvgIpc) is 2.99. The van der Waals surface area contributed by atoms with Crippen LogP contribution in [0.25, 0.3) is 0 Å².